The van der Waals surface area contributed by atoms with E-state index >= 15 is 0 Å². The minimum Gasteiger partial charge on any atom is -0.338 e. The van der Waals surface area contributed by atoms with Crippen LogP contribution in [-0.2, 0) is 6.42 Å². The van der Waals surface area contributed by atoms with Crippen molar-refractivity contribution in [3.05, 3.63) is 35.4 Å². The highest BCUT2D eigenvalue weighted by molar-refractivity contribution is 9.09. The minimum atomic E-state index is 0.190. The van der Waals surface area contributed by atoms with Gasteiger partial charge in [-0.15, -0.1) is 0 Å². The fraction of sp³-hybridized carbons (Fsp3) is 0.533. The Morgan fingerprint density at radius 1 is 1.39 bits per heavy atom. The lowest BCUT2D eigenvalue weighted by molar-refractivity contribution is 0.0787. The van der Waals surface area contributed by atoms with Crippen molar-refractivity contribution in [3.63, 3.8) is 0 Å². The van der Waals surface area contributed by atoms with Gasteiger partial charge in [0.1, 0.15) is 0 Å². The minimum absolute atomic E-state index is 0.190. The van der Waals surface area contributed by atoms with Crippen molar-refractivity contribution in [2.45, 2.75) is 26.2 Å². The van der Waals surface area contributed by atoms with Gasteiger partial charge < -0.3 is 4.90 Å². The van der Waals surface area contributed by atoms with Crippen molar-refractivity contribution < 1.29 is 4.79 Å². The van der Waals surface area contributed by atoms with E-state index < -0.39 is 0 Å². The van der Waals surface area contributed by atoms with Crippen LogP contribution in [0.15, 0.2) is 24.3 Å². The Balaban J connectivity index is 1.98. The number of aryl methyl sites for hydroxylation is 1. The maximum Gasteiger partial charge on any atom is 0.253 e. The zero-order valence-electron chi connectivity index (χ0n) is 10.9. The van der Waals surface area contributed by atoms with E-state index in [1.54, 1.807) is 0 Å². The van der Waals surface area contributed by atoms with Crippen molar-refractivity contribution in [2.75, 3.05) is 18.4 Å². The maximum absolute atomic E-state index is 12.3. The summed E-state index contributed by atoms with van der Waals surface area (Å²) in [5.41, 5.74) is 2.11. The number of halogens is 1. The molecule has 1 unspecified atom stereocenters. The first kappa shape index (κ1) is 13.6. The number of carbonyl (C=O) groups is 1. The zero-order chi connectivity index (χ0) is 13.0. The number of nitrogens with zero attached hydrogens (tertiary/aromatic N) is 1. The first-order valence-electron chi connectivity index (χ1n) is 6.68. The van der Waals surface area contributed by atoms with Gasteiger partial charge in [-0.05, 0) is 42.9 Å². The van der Waals surface area contributed by atoms with Crippen molar-refractivity contribution in [3.8, 4) is 0 Å². The summed E-state index contributed by atoms with van der Waals surface area (Å²) in [7, 11) is 0. The molecule has 3 heteroatoms. The molecule has 2 rings (SSSR count). The molecule has 0 saturated carbocycles. The molecule has 1 heterocycles. The summed E-state index contributed by atoms with van der Waals surface area (Å²) in [6.07, 6.45) is 3.33. The Morgan fingerprint density at radius 2 is 2.11 bits per heavy atom. The predicted molar refractivity (Wildman–Crippen MR) is 78.2 cm³/mol. The van der Waals surface area contributed by atoms with E-state index in [1.165, 1.54) is 12.0 Å². The van der Waals surface area contributed by atoms with Crippen LogP contribution in [0.4, 0.5) is 0 Å². The van der Waals surface area contributed by atoms with Gasteiger partial charge in [-0.3, -0.25) is 4.79 Å². The van der Waals surface area contributed by atoms with Crippen LogP contribution < -0.4 is 0 Å². The molecular weight excluding hydrogens is 290 g/mol. The molecule has 1 aliphatic rings. The van der Waals surface area contributed by atoms with E-state index in [0.29, 0.717) is 5.92 Å². The van der Waals surface area contributed by atoms with Gasteiger partial charge in [0.25, 0.3) is 5.91 Å². The summed E-state index contributed by atoms with van der Waals surface area (Å²) in [6, 6.07) is 8.02. The number of rotatable bonds is 4. The van der Waals surface area contributed by atoms with Crippen LogP contribution in [0, 0.1) is 5.92 Å². The fourth-order valence-corrected chi connectivity index (χ4v) is 3.12. The molecule has 1 saturated heterocycles. The number of hydrogen-bond donors (Lipinski definition) is 0. The molecule has 1 aromatic carbocycles. The lowest BCUT2D eigenvalue weighted by Crippen LogP contribution is -2.28. The molecule has 1 amide bonds. The van der Waals surface area contributed by atoms with Gasteiger partial charge in [0.2, 0.25) is 0 Å². The van der Waals surface area contributed by atoms with Crippen LogP contribution in [0.25, 0.3) is 0 Å². The Kier molecular flexibility index (Phi) is 4.81. The SMILES string of the molecule is CCc1ccc(C(=O)N2CCC(CCBr)C2)cc1. The van der Waals surface area contributed by atoms with E-state index in [9.17, 15) is 4.79 Å². The normalized spacial score (nSPS) is 19.2. The van der Waals surface area contributed by atoms with E-state index in [4.69, 9.17) is 0 Å². The van der Waals surface area contributed by atoms with Crippen molar-refractivity contribution in [1.82, 2.24) is 4.90 Å². The first-order chi connectivity index (χ1) is 8.74. The molecule has 0 N–H and O–H groups in total. The standard InChI is InChI=1S/C15H20BrNO/c1-2-12-3-5-14(6-4-12)15(18)17-10-8-13(11-17)7-9-16/h3-6,13H,2,7-11H2,1H3. The molecule has 0 aliphatic carbocycles. The molecule has 0 radical (unpaired) electrons. The summed E-state index contributed by atoms with van der Waals surface area (Å²) in [5.74, 6) is 0.859. The molecule has 98 valence electrons. The largest absolute Gasteiger partial charge is 0.338 e. The lowest BCUT2D eigenvalue weighted by Gasteiger charge is -2.16. The molecule has 18 heavy (non-hydrogen) atoms. The molecule has 1 aliphatic heterocycles. The van der Waals surface area contributed by atoms with Crippen LogP contribution in [0.5, 0.6) is 0 Å². The van der Waals surface area contributed by atoms with Gasteiger partial charge in [-0.25, -0.2) is 0 Å². The van der Waals surface area contributed by atoms with E-state index in [2.05, 4.69) is 35.0 Å². The molecule has 1 aromatic rings. The highest BCUT2D eigenvalue weighted by atomic mass is 79.9. The quantitative estimate of drug-likeness (QED) is 0.780. The van der Waals surface area contributed by atoms with Crippen LogP contribution in [-0.4, -0.2) is 29.2 Å². The van der Waals surface area contributed by atoms with Crippen LogP contribution in [0.2, 0.25) is 0 Å². The predicted octanol–water partition coefficient (Wildman–Crippen LogP) is 3.50. The summed E-state index contributed by atoms with van der Waals surface area (Å²) in [4.78, 5) is 14.3. The van der Waals surface area contributed by atoms with E-state index in [0.717, 1.165) is 36.8 Å². The maximum atomic E-state index is 12.3. The number of alkyl halides is 1. The van der Waals surface area contributed by atoms with Crippen LogP contribution in [0.1, 0.15) is 35.7 Å². The Morgan fingerprint density at radius 3 is 2.72 bits per heavy atom. The third-order valence-corrected chi connectivity index (χ3v) is 4.16. The first-order valence-corrected chi connectivity index (χ1v) is 7.81. The van der Waals surface area contributed by atoms with Gasteiger partial charge in [0, 0.05) is 24.0 Å². The van der Waals surface area contributed by atoms with Gasteiger partial charge in [-0.2, -0.15) is 0 Å². The van der Waals surface area contributed by atoms with Gasteiger partial charge in [0.15, 0.2) is 0 Å². The Bertz CT molecular complexity index is 401. The van der Waals surface area contributed by atoms with Crippen LogP contribution in [0.3, 0.4) is 0 Å². The average molecular weight is 310 g/mol. The highest BCUT2D eigenvalue weighted by Crippen LogP contribution is 2.22. The number of carbonyl (C=O) groups excluding carboxylic acids is 1. The third-order valence-electron chi connectivity index (χ3n) is 3.70. The molecule has 2 nitrogen and oxygen atoms in total. The Hall–Kier alpha value is -0.830. The summed E-state index contributed by atoms with van der Waals surface area (Å²) >= 11 is 3.47. The number of amides is 1. The number of benzene rings is 1. The summed E-state index contributed by atoms with van der Waals surface area (Å²) in [6.45, 7) is 3.95. The molecule has 1 atom stereocenters. The second kappa shape index (κ2) is 6.37. The molecular formula is C15H20BrNO. The number of likely N-dealkylation sites (tertiary alicyclic amines) is 1. The third kappa shape index (κ3) is 3.14. The second-order valence-electron chi connectivity index (χ2n) is 4.93. The lowest BCUT2D eigenvalue weighted by atomic mass is 10.1. The second-order valence-corrected chi connectivity index (χ2v) is 5.73. The van der Waals surface area contributed by atoms with E-state index in [-0.39, 0.29) is 5.91 Å². The molecule has 0 bridgehead atoms. The highest BCUT2D eigenvalue weighted by Gasteiger charge is 2.26. The zero-order valence-corrected chi connectivity index (χ0v) is 12.4. The van der Waals surface area contributed by atoms with Crippen LogP contribution >= 0.6 is 15.9 Å². The fourth-order valence-electron chi connectivity index (χ4n) is 2.47. The smallest absolute Gasteiger partial charge is 0.253 e. The summed E-state index contributed by atoms with van der Waals surface area (Å²) < 4.78 is 0. The van der Waals surface area contributed by atoms with Crippen molar-refractivity contribution >= 4 is 21.8 Å². The topological polar surface area (TPSA) is 20.3 Å². The molecule has 1 fully saturated rings. The van der Waals surface area contributed by atoms with Gasteiger partial charge in [0.05, 0.1) is 0 Å². The van der Waals surface area contributed by atoms with Gasteiger partial charge >= 0.3 is 0 Å². The van der Waals surface area contributed by atoms with Crippen molar-refractivity contribution in [1.29, 1.82) is 0 Å². The van der Waals surface area contributed by atoms with Gasteiger partial charge in [-0.1, -0.05) is 35.0 Å². The average Bonchev–Trinajstić information content (AvgIpc) is 2.87. The Labute approximate surface area is 117 Å². The number of hydrogen-bond acceptors (Lipinski definition) is 1. The van der Waals surface area contributed by atoms with Crippen molar-refractivity contribution in [2.24, 2.45) is 5.92 Å². The molecule has 0 aromatic heterocycles. The monoisotopic (exact) mass is 309 g/mol. The summed E-state index contributed by atoms with van der Waals surface area (Å²) in [5, 5.41) is 1.03. The molecule has 0 spiro atoms. The van der Waals surface area contributed by atoms with E-state index in [1.807, 2.05) is 17.0 Å².